The van der Waals surface area contributed by atoms with E-state index in [1.807, 2.05) is 43.3 Å². The second kappa shape index (κ2) is 7.53. The molecular formula is C17H17BrCl2O. The van der Waals surface area contributed by atoms with Crippen molar-refractivity contribution in [2.45, 2.75) is 25.6 Å². The number of benzene rings is 2. The number of hydrogen-bond donors (Lipinski definition) is 0. The number of hydrogen-bond acceptors (Lipinski definition) is 1. The van der Waals surface area contributed by atoms with Gasteiger partial charge in [0.1, 0.15) is 5.75 Å². The maximum absolute atomic E-state index is 6.59. The first-order chi connectivity index (χ1) is 10.0. The van der Waals surface area contributed by atoms with Crippen molar-refractivity contribution in [3.63, 3.8) is 0 Å². The fourth-order valence-corrected chi connectivity index (χ4v) is 3.17. The van der Waals surface area contributed by atoms with Gasteiger partial charge in [0, 0.05) is 5.02 Å². The molecule has 2 aromatic carbocycles. The van der Waals surface area contributed by atoms with Gasteiger partial charge in [-0.15, -0.1) is 11.6 Å². The Morgan fingerprint density at radius 3 is 2.67 bits per heavy atom. The molecule has 0 N–H and O–H groups in total. The third-order valence-corrected chi connectivity index (χ3v) is 4.83. The summed E-state index contributed by atoms with van der Waals surface area (Å²) in [5, 5.41) is 0.439. The molecule has 21 heavy (non-hydrogen) atoms. The number of halogens is 3. The molecule has 0 aliphatic rings. The Labute approximate surface area is 144 Å². The molecule has 2 rings (SSSR count). The van der Waals surface area contributed by atoms with Crippen LogP contribution in [0.25, 0.3) is 0 Å². The number of ether oxygens (including phenoxy) is 1. The van der Waals surface area contributed by atoms with Crippen LogP contribution in [0.5, 0.6) is 5.75 Å². The van der Waals surface area contributed by atoms with Crippen molar-refractivity contribution in [3.8, 4) is 5.75 Å². The summed E-state index contributed by atoms with van der Waals surface area (Å²) in [6.07, 6.45) is 0.977. The molecule has 0 amide bonds. The molecule has 4 heteroatoms. The minimum Gasteiger partial charge on any atom is -0.492 e. The molecule has 0 aliphatic heterocycles. The van der Waals surface area contributed by atoms with Crippen molar-refractivity contribution < 1.29 is 4.74 Å². The van der Waals surface area contributed by atoms with Crippen LogP contribution in [0.3, 0.4) is 0 Å². The lowest BCUT2D eigenvalue weighted by Gasteiger charge is -2.15. The molecule has 0 aliphatic carbocycles. The number of rotatable bonds is 5. The van der Waals surface area contributed by atoms with E-state index in [1.165, 1.54) is 0 Å². The topological polar surface area (TPSA) is 9.23 Å². The molecule has 0 saturated carbocycles. The number of alkyl halides is 1. The third kappa shape index (κ3) is 3.94. The van der Waals surface area contributed by atoms with Crippen LogP contribution in [0.4, 0.5) is 0 Å². The van der Waals surface area contributed by atoms with Gasteiger partial charge in [0.15, 0.2) is 0 Å². The lowest BCUT2D eigenvalue weighted by molar-refractivity contribution is 0.315. The zero-order valence-corrected chi connectivity index (χ0v) is 15.1. The maximum atomic E-state index is 6.59. The normalized spacial score (nSPS) is 12.2. The Bertz CT molecular complexity index is 628. The van der Waals surface area contributed by atoms with Gasteiger partial charge in [-0.2, -0.15) is 0 Å². The first-order valence-corrected chi connectivity index (χ1v) is 8.46. The van der Waals surface area contributed by atoms with Crippen LogP contribution in [0, 0.1) is 6.92 Å². The van der Waals surface area contributed by atoms with Gasteiger partial charge in [0.25, 0.3) is 0 Å². The molecular weight excluding hydrogens is 371 g/mol. The summed E-state index contributed by atoms with van der Waals surface area (Å²) in [5.74, 6) is 0.833. The van der Waals surface area contributed by atoms with Crippen molar-refractivity contribution >= 4 is 39.1 Å². The van der Waals surface area contributed by atoms with Crippen molar-refractivity contribution in [2.24, 2.45) is 0 Å². The predicted molar refractivity (Wildman–Crippen MR) is 93.8 cm³/mol. The highest BCUT2D eigenvalue weighted by Gasteiger charge is 2.16. The quantitative estimate of drug-likeness (QED) is 0.530. The number of aryl methyl sites for hydroxylation is 1. The van der Waals surface area contributed by atoms with Crippen LogP contribution in [-0.2, 0) is 0 Å². The maximum Gasteiger partial charge on any atom is 0.133 e. The van der Waals surface area contributed by atoms with Crippen molar-refractivity contribution in [2.75, 3.05) is 6.61 Å². The Kier molecular flexibility index (Phi) is 5.98. The standard InChI is InChI=1S/C17H17BrCl2O/c1-3-9-21-15-8-7-12(10-14(15)18)17(20)13-6-4-5-11(2)16(13)19/h4-8,10,17H,3,9H2,1-2H3. The Balaban J connectivity index is 2.29. The van der Waals surface area contributed by atoms with Crippen molar-refractivity contribution in [1.82, 2.24) is 0 Å². The van der Waals surface area contributed by atoms with Crippen molar-refractivity contribution in [3.05, 3.63) is 62.6 Å². The largest absolute Gasteiger partial charge is 0.492 e. The zero-order valence-electron chi connectivity index (χ0n) is 12.0. The predicted octanol–water partition coefficient (Wildman–Crippen LogP) is 6.53. The average molecular weight is 388 g/mol. The van der Waals surface area contributed by atoms with Crippen LogP contribution < -0.4 is 4.74 Å². The van der Waals surface area contributed by atoms with Gasteiger partial charge in [-0.1, -0.05) is 42.8 Å². The van der Waals surface area contributed by atoms with Gasteiger partial charge in [-0.3, -0.25) is 0 Å². The first kappa shape index (κ1) is 16.7. The van der Waals surface area contributed by atoms with Gasteiger partial charge >= 0.3 is 0 Å². The molecule has 0 saturated heterocycles. The van der Waals surface area contributed by atoms with Crippen LogP contribution >= 0.6 is 39.1 Å². The SMILES string of the molecule is CCCOc1ccc(C(Cl)c2cccc(C)c2Cl)cc1Br. The molecule has 112 valence electrons. The van der Waals surface area contributed by atoms with Gasteiger partial charge in [-0.25, -0.2) is 0 Å². The summed E-state index contributed by atoms with van der Waals surface area (Å²) in [7, 11) is 0. The lowest BCUT2D eigenvalue weighted by atomic mass is 10.0. The van der Waals surface area contributed by atoms with Gasteiger partial charge in [-0.05, 0) is 58.1 Å². The van der Waals surface area contributed by atoms with E-state index in [0.29, 0.717) is 6.61 Å². The molecule has 0 heterocycles. The molecule has 0 spiro atoms. The summed E-state index contributed by atoms with van der Waals surface area (Å²) < 4.78 is 6.56. The van der Waals surface area contributed by atoms with Crippen molar-refractivity contribution in [1.29, 1.82) is 0 Å². The highest BCUT2D eigenvalue weighted by atomic mass is 79.9. The van der Waals surface area contributed by atoms with Crippen LogP contribution in [0.2, 0.25) is 5.02 Å². The highest BCUT2D eigenvalue weighted by molar-refractivity contribution is 9.10. The first-order valence-electron chi connectivity index (χ1n) is 6.86. The summed E-state index contributed by atoms with van der Waals surface area (Å²) in [4.78, 5) is 0. The summed E-state index contributed by atoms with van der Waals surface area (Å²) >= 11 is 16.5. The molecule has 0 fully saturated rings. The molecule has 1 unspecified atom stereocenters. The molecule has 1 nitrogen and oxygen atoms in total. The Hall–Kier alpha value is -0.700. The minimum absolute atomic E-state index is 0.283. The third-order valence-electron chi connectivity index (χ3n) is 3.21. The second-order valence-electron chi connectivity index (χ2n) is 4.88. The molecule has 1 atom stereocenters. The summed E-state index contributed by atoms with van der Waals surface area (Å²) in [5.41, 5.74) is 2.94. The van der Waals surface area contributed by atoms with Crippen LogP contribution in [0.15, 0.2) is 40.9 Å². The smallest absolute Gasteiger partial charge is 0.133 e. The molecule has 0 bridgehead atoms. The summed E-state index contributed by atoms with van der Waals surface area (Å²) in [6.45, 7) is 4.76. The van der Waals surface area contributed by atoms with E-state index < -0.39 is 0 Å². The molecule has 0 aromatic heterocycles. The van der Waals surface area contributed by atoms with E-state index in [-0.39, 0.29) is 5.38 Å². The monoisotopic (exact) mass is 386 g/mol. The van der Waals surface area contributed by atoms with Crippen LogP contribution in [-0.4, -0.2) is 6.61 Å². The fourth-order valence-electron chi connectivity index (χ4n) is 2.05. The second-order valence-corrected chi connectivity index (χ2v) is 6.55. The van der Waals surface area contributed by atoms with Gasteiger partial charge < -0.3 is 4.74 Å². The van der Waals surface area contributed by atoms with E-state index in [0.717, 1.165) is 38.4 Å². The fraction of sp³-hybridized carbons (Fsp3) is 0.294. The Morgan fingerprint density at radius 2 is 2.00 bits per heavy atom. The zero-order chi connectivity index (χ0) is 15.4. The lowest BCUT2D eigenvalue weighted by Crippen LogP contribution is -1.99. The molecule has 2 aromatic rings. The van der Waals surface area contributed by atoms with E-state index in [1.54, 1.807) is 0 Å². The molecule has 0 radical (unpaired) electrons. The van der Waals surface area contributed by atoms with Gasteiger partial charge in [0.2, 0.25) is 0 Å². The van der Waals surface area contributed by atoms with E-state index in [9.17, 15) is 0 Å². The Morgan fingerprint density at radius 1 is 1.24 bits per heavy atom. The minimum atomic E-state index is -0.283. The summed E-state index contributed by atoms with van der Waals surface area (Å²) in [6, 6.07) is 11.8. The van der Waals surface area contributed by atoms with Crippen LogP contribution in [0.1, 0.15) is 35.4 Å². The highest BCUT2D eigenvalue weighted by Crippen LogP contribution is 2.37. The van der Waals surface area contributed by atoms with E-state index in [2.05, 4.69) is 22.9 Å². The van der Waals surface area contributed by atoms with E-state index >= 15 is 0 Å². The average Bonchev–Trinajstić information content (AvgIpc) is 2.48. The van der Waals surface area contributed by atoms with E-state index in [4.69, 9.17) is 27.9 Å². The van der Waals surface area contributed by atoms with Gasteiger partial charge in [0.05, 0.1) is 16.5 Å².